The number of ether oxygens (including phenoxy) is 2. The van der Waals surface area contributed by atoms with Gasteiger partial charge < -0.3 is 14.6 Å². The molecule has 1 N–H and O–H groups in total. The number of alkyl halides is 2. The minimum atomic E-state index is -3.49. The third kappa shape index (κ3) is 3.06. The van der Waals surface area contributed by atoms with Gasteiger partial charge in [0.2, 0.25) is 0 Å². The quantitative estimate of drug-likeness (QED) is 0.482. The van der Waals surface area contributed by atoms with E-state index in [2.05, 4.69) is 4.74 Å². The second-order valence-electron chi connectivity index (χ2n) is 7.47. The Morgan fingerprint density at radius 2 is 1.90 bits per heavy atom. The summed E-state index contributed by atoms with van der Waals surface area (Å²) < 4.78 is 35.1. The predicted molar refractivity (Wildman–Crippen MR) is 69.6 cm³/mol. The Labute approximate surface area is 122 Å². The van der Waals surface area contributed by atoms with Crippen LogP contribution in [0.25, 0.3) is 0 Å². The second-order valence-corrected chi connectivity index (χ2v) is 7.47. The normalized spacial score (nSPS) is 41.3. The monoisotopic (exact) mass is 304 g/mol. The maximum absolute atomic E-state index is 12.6. The second kappa shape index (κ2) is 4.88. The molecule has 4 aliphatic carbocycles. The largest absolute Gasteiger partial charge is 0.434 e. The van der Waals surface area contributed by atoms with Gasteiger partial charge in [0.1, 0.15) is 0 Å². The smallest absolute Gasteiger partial charge is 0.378 e. The molecule has 0 aromatic heterocycles. The summed E-state index contributed by atoms with van der Waals surface area (Å²) in [5.41, 5.74) is -0.638. The zero-order chi connectivity index (χ0) is 15.3. The fraction of sp³-hybridized carbons (Fsp3) is 0.933. The molecule has 0 spiro atoms. The Hall–Kier alpha value is -0.750. The van der Waals surface area contributed by atoms with Crippen LogP contribution >= 0.6 is 0 Å². The number of rotatable bonds is 5. The molecule has 0 aromatic carbocycles. The van der Waals surface area contributed by atoms with Gasteiger partial charge in [0.15, 0.2) is 6.79 Å². The van der Waals surface area contributed by atoms with Crippen LogP contribution in [0.15, 0.2) is 0 Å². The average molecular weight is 304 g/mol. The molecule has 6 heteroatoms. The standard InChI is InChI=1S/C15H22F2O4/c1-13(16,17)12(18)21-9-20-8-14-3-10-2-11(4-14)6-15(19,5-10)7-14/h10-11,19H,2-9H2,1H3. The molecule has 21 heavy (non-hydrogen) atoms. The van der Waals surface area contributed by atoms with E-state index < -0.39 is 24.3 Å². The molecule has 4 saturated carbocycles. The van der Waals surface area contributed by atoms with Crippen molar-refractivity contribution in [3.63, 3.8) is 0 Å². The molecule has 4 fully saturated rings. The van der Waals surface area contributed by atoms with Gasteiger partial charge in [-0.05, 0) is 55.8 Å². The minimum Gasteiger partial charge on any atom is -0.434 e. The average Bonchev–Trinajstić information content (AvgIpc) is 2.30. The van der Waals surface area contributed by atoms with Gasteiger partial charge in [-0.1, -0.05) is 0 Å². The van der Waals surface area contributed by atoms with E-state index in [1.54, 1.807) is 0 Å². The van der Waals surface area contributed by atoms with E-state index in [-0.39, 0.29) is 5.41 Å². The molecule has 2 atom stereocenters. The van der Waals surface area contributed by atoms with Crippen LogP contribution in [0.3, 0.4) is 0 Å². The molecule has 0 heterocycles. The van der Waals surface area contributed by atoms with Crippen molar-refractivity contribution in [2.24, 2.45) is 17.3 Å². The number of esters is 1. The minimum absolute atomic E-state index is 0.0695. The first-order chi connectivity index (χ1) is 9.70. The summed E-state index contributed by atoms with van der Waals surface area (Å²) in [6.07, 6.45) is 5.68. The summed E-state index contributed by atoms with van der Waals surface area (Å²) in [5.74, 6) is -3.96. The molecule has 4 rings (SSSR count). The van der Waals surface area contributed by atoms with Crippen LogP contribution in [0, 0.1) is 17.3 Å². The van der Waals surface area contributed by atoms with Crippen LogP contribution in [-0.2, 0) is 14.3 Å². The molecule has 2 unspecified atom stereocenters. The van der Waals surface area contributed by atoms with E-state index in [4.69, 9.17) is 4.74 Å². The van der Waals surface area contributed by atoms with Crippen LogP contribution in [0.4, 0.5) is 8.78 Å². The number of carbonyl (C=O) groups is 1. The first-order valence-electron chi connectivity index (χ1n) is 7.55. The fourth-order valence-electron chi connectivity index (χ4n) is 5.05. The van der Waals surface area contributed by atoms with Crippen LogP contribution in [0.1, 0.15) is 45.4 Å². The Bertz CT molecular complexity index is 418. The highest BCUT2D eigenvalue weighted by Gasteiger charge is 2.57. The topological polar surface area (TPSA) is 55.8 Å². The third-order valence-corrected chi connectivity index (χ3v) is 5.19. The third-order valence-electron chi connectivity index (χ3n) is 5.19. The number of hydrogen-bond acceptors (Lipinski definition) is 4. The summed E-state index contributed by atoms with van der Waals surface area (Å²) in [5, 5.41) is 10.6. The van der Waals surface area contributed by atoms with Crippen LogP contribution in [0.2, 0.25) is 0 Å². The number of halogens is 2. The van der Waals surface area contributed by atoms with Gasteiger partial charge in [-0.15, -0.1) is 0 Å². The zero-order valence-corrected chi connectivity index (χ0v) is 12.2. The zero-order valence-electron chi connectivity index (χ0n) is 12.2. The van der Waals surface area contributed by atoms with Crippen LogP contribution in [-0.4, -0.2) is 36.0 Å². The Morgan fingerprint density at radius 3 is 2.43 bits per heavy atom. The lowest BCUT2D eigenvalue weighted by Crippen LogP contribution is -2.57. The molecular weight excluding hydrogens is 282 g/mol. The lowest BCUT2D eigenvalue weighted by Gasteiger charge is -2.60. The molecule has 0 aromatic rings. The van der Waals surface area contributed by atoms with Gasteiger partial charge in [0, 0.05) is 6.92 Å². The number of hydrogen-bond donors (Lipinski definition) is 1. The van der Waals surface area contributed by atoms with Crippen LogP contribution < -0.4 is 0 Å². The van der Waals surface area contributed by atoms with Gasteiger partial charge in [-0.3, -0.25) is 0 Å². The molecule has 0 saturated heterocycles. The van der Waals surface area contributed by atoms with Crippen molar-refractivity contribution in [3.05, 3.63) is 0 Å². The lowest BCUT2D eigenvalue weighted by atomic mass is 9.48. The highest BCUT2D eigenvalue weighted by molar-refractivity contribution is 5.76. The molecule has 120 valence electrons. The van der Waals surface area contributed by atoms with Crippen molar-refractivity contribution < 1.29 is 28.2 Å². The summed E-state index contributed by atoms with van der Waals surface area (Å²) in [4.78, 5) is 10.9. The van der Waals surface area contributed by atoms with Gasteiger partial charge in [-0.2, -0.15) is 8.78 Å². The number of aliphatic hydroxyl groups is 1. The SMILES string of the molecule is CC(F)(F)C(=O)OCOCC12CC3CC(CC(O)(C3)C1)C2. The predicted octanol–water partition coefficient (Wildman–Crippen LogP) is 2.49. The molecule has 0 amide bonds. The highest BCUT2D eigenvalue weighted by atomic mass is 19.3. The maximum atomic E-state index is 12.6. The van der Waals surface area contributed by atoms with E-state index in [9.17, 15) is 18.7 Å². The molecule has 0 aliphatic heterocycles. The Balaban J connectivity index is 1.51. The van der Waals surface area contributed by atoms with Crippen molar-refractivity contribution in [2.45, 2.75) is 57.0 Å². The summed E-state index contributed by atoms with van der Waals surface area (Å²) in [6, 6.07) is 0. The Morgan fingerprint density at radius 1 is 1.29 bits per heavy atom. The first-order valence-corrected chi connectivity index (χ1v) is 7.55. The van der Waals surface area contributed by atoms with Crippen molar-refractivity contribution in [3.8, 4) is 0 Å². The van der Waals surface area contributed by atoms with E-state index in [0.717, 1.165) is 25.7 Å². The Kier molecular flexibility index (Phi) is 3.52. The van der Waals surface area contributed by atoms with Gasteiger partial charge in [-0.25, -0.2) is 4.79 Å². The maximum Gasteiger partial charge on any atom is 0.378 e. The lowest BCUT2D eigenvalue weighted by molar-refractivity contribution is -0.202. The molecule has 4 nitrogen and oxygen atoms in total. The van der Waals surface area contributed by atoms with Gasteiger partial charge in [0.25, 0.3) is 0 Å². The summed E-state index contributed by atoms with van der Waals surface area (Å²) in [7, 11) is 0. The summed E-state index contributed by atoms with van der Waals surface area (Å²) in [6.45, 7) is 0.423. The van der Waals surface area contributed by atoms with Crippen molar-refractivity contribution in [1.29, 1.82) is 0 Å². The van der Waals surface area contributed by atoms with E-state index in [1.165, 1.54) is 6.42 Å². The molecule has 4 aliphatic rings. The summed E-state index contributed by atoms with van der Waals surface area (Å²) >= 11 is 0. The van der Waals surface area contributed by atoms with Crippen molar-refractivity contribution in [1.82, 2.24) is 0 Å². The molecule has 4 bridgehead atoms. The van der Waals surface area contributed by atoms with Crippen molar-refractivity contribution in [2.75, 3.05) is 13.4 Å². The van der Waals surface area contributed by atoms with Gasteiger partial charge >= 0.3 is 11.9 Å². The van der Waals surface area contributed by atoms with E-state index in [1.807, 2.05) is 0 Å². The molecular formula is C15H22F2O4. The van der Waals surface area contributed by atoms with Crippen molar-refractivity contribution >= 4 is 5.97 Å². The van der Waals surface area contributed by atoms with E-state index in [0.29, 0.717) is 31.8 Å². The molecule has 0 radical (unpaired) electrons. The number of carbonyl (C=O) groups excluding carboxylic acids is 1. The highest BCUT2D eigenvalue weighted by Crippen LogP contribution is 2.61. The fourth-order valence-corrected chi connectivity index (χ4v) is 5.05. The van der Waals surface area contributed by atoms with Gasteiger partial charge in [0.05, 0.1) is 12.2 Å². The van der Waals surface area contributed by atoms with E-state index >= 15 is 0 Å². The first kappa shape index (κ1) is 15.2. The van der Waals surface area contributed by atoms with Crippen LogP contribution in [0.5, 0.6) is 0 Å².